The van der Waals surface area contributed by atoms with Crippen molar-refractivity contribution >= 4 is 5.97 Å². The maximum Gasteiger partial charge on any atom is 0.333 e. The quantitative estimate of drug-likeness (QED) is 0.574. The Morgan fingerprint density at radius 2 is 1.57 bits per heavy atom. The van der Waals surface area contributed by atoms with Gasteiger partial charge >= 0.3 is 5.97 Å². The molecule has 5 atom stereocenters. The lowest BCUT2D eigenvalue weighted by molar-refractivity contribution is -0.242. The lowest BCUT2D eigenvalue weighted by atomic mass is 9.99. The fourth-order valence-electron chi connectivity index (χ4n) is 3.11. The molecule has 7 heteroatoms. The van der Waals surface area contributed by atoms with Gasteiger partial charge in [0.1, 0.15) is 31.0 Å². The standard InChI is InChI=1S/C16H24O7/c1-8(2)13(17)18-7-9-10-11(21-15(3,4)20-10)12-14(19-9)23-16(5,6)22-12/h9-12,14H,1,7H2,2-6H3/t9-,10+,11+,12-,14-/m1/s1. The van der Waals surface area contributed by atoms with Crippen LogP contribution in [0.1, 0.15) is 34.6 Å². The number of carbonyl (C=O) groups excluding carboxylic acids is 1. The number of fused-ring (bicyclic) bond motifs is 3. The molecule has 3 aliphatic rings. The first-order chi connectivity index (χ1) is 10.6. The fourth-order valence-corrected chi connectivity index (χ4v) is 3.11. The van der Waals surface area contributed by atoms with Gasteiger partial charge in [0.25, 0.3) is 0 Å². The Hall–Kier alpha value is -0.990. The maximum atomic E-state index is 11.6. The predicted molar refractivity (Wildman–Crippen MR) is 78.3 cm³/mol. The average molecular weight is 328 g/mol. The van der Waals surface area contributed by atoms with E-state index in [0.29, 0.717) is 5.57 Å². The van der Waals surface area contributed by atoms with Crippen LogP contribution in [0.4, 0.5) is 0 Å². The van der Waals surface area contributed by atoms with Gasteiger partial charge < -0.3 is 28.4 Å². The van der Waals surface area contributed by atoms with Crippen molar-refractivity contribution in [1.29, 1.82) is 0 Å². The Balaban J connectivity index is 1.76. The summed E-state index contributed by atoms with van der Waals surface area (Å²) in [5, 5.41) is 0. The van der Waals surface area contributed by atoms with Gasteiger partial charge in [-0.3, -0.25) is 0 Å². The van der Waals surface area contributed by atoms with E-state index in [0.717, 1.165) is 0 Å². The summed E-state index contributed by atoms with van der Waals surface area (Å²) in [5.41, 5.74) is 0.334. The van der Waals surface area contributed by atoms with E-state index in [4.69, 9.17) is 28.4 Å². The SMILES string of the molecule is C=C(C)C(=O)OC[C@H]1O[C@@H]2OC(C)(C)O[C@@H]2[C@H]2OC(C)(C)O[C@H]21. The molecule has 0 saturated carbocycles. The number of rotatable bonds is 3. The van der Waals surface area contributed by atoms with Crippen LogP contribution >= 0.6 is 0 Å². The topological polar surface area (TPSA) is 72.5 Å². The van der Waals surface area contributed by atoms with Crippen molar-refractivity contribution in [2.75, 3.05) is 6.61 Å². The molecule has 0 amide bonds. The number of hydrogen-bond acceptors (Lipinski definition) is 7. The van der Waals surface area contributed by atoms with Gasteiger partial charge in [0.15, 0.2) is 17.9 Å². The predicted octanol–water partition coefficient (Wildman–Crippen LogP) is 1.50. The molecule has 0 N–H and O–H groups in total. The molecule has 3 saturated heterocycles. The average Bonchev–Trinajstić information content (AvgIpc) is 2.89. The third-order valence-electron chi connectivity index (χ3n) is 3.98. The highest BCUT2D eigenvalue weighted by molar-refractivity contribution is 5.86. The molecular formula is C16H24O7. The molecule has 0 aliphatic carbocycles. The lowest BCUT2D eigenvalue weighted by Gasteiger charge is -2.36. The molecule has 23 heavy (non-hydrogen) atoms. The minimum absolute atomic E-state index is 0.0410. The van der Waals surface area contributed by atoms with Crippen LogP contribution in [0.3, 0.4) is 0 Å². The first kappa shape index (κ1) is 16.9. The van der Waals surface area contributed by atoms with E-state index in [1.807, 2.05) is 27.7 Å². The van der Waals surface area contributed by atoms with Gasteiger partial charge in [0, 0.05) is 5.57 Å². The summed E-state index contributed by atoms with van der Waals surface area (Å²) >= 11 is 0. The van der Waals surface area contributed by atoms with E-state index in [1.54, 1.807) is 6.92 Å². The molecular weight excluding hydrogens is 304 g/mol. The molecule has 0 unspecified atom stereocenters. The minimum Gasteiger partial charge on any atom is -0.459 e. The molecule has 0 radical (unpaired) electrons. The maximum absolute atomic E-state index is 11.6. The molecule has 3 aliphatic heterocycles. The Morgan fingerprint density at radius 1 is 1.00 bits per heavy atom. The second kappa shape index (κ2) is 5.53. The van der Waals surface area contributed by atoms with E-state index in [-0.39, 0.29) is 18.8 Å². The molecule has 0 aromatic carbocycles. The smallest absolute Gasteiger partial charge is 0.333 e. The Bertz CT molecular complexity index is 513. The first-order valence-electron chi connectivity index (χ1n) is 7.77. The van der Waals surface area contributed by atoms with Gasteiger partial charge in [0.05, 0.1) is 0 Å². The molecule has 3 rings (SSSR count). The zero-order chi connectivity index (χ0) is 17.0. The van der Waals surface area contributed by atoms with Crippen molar-refractivity contribution in [2.45, 2.75) is 76.9 Å². The normalized spacial score (nSPS) is 40.3. The molecule has 0 spiro atoms. The first-order valence-corrected chi connectivity index (χ1v) is 7.77. The third-order valence-corrected chi connectivity index (χ3v) is 3.98. The van der Waals surface area contributed by atoms with Gasteiger partial charge in [-0.1, -0.05) is 6.58 Å². The van der Waals surface area contributed by atoms with Gasteiger partial charge in [-0.25, -0.2) is 4.79 Å². The molecule has 130 valence electrons. The molecule has 3 fully saturated rings. The highest BCUT2D eigenvalue weighted by Crippen LogP contribution is 2.44. The third kappa shape index (κ3) is 3.29. The number of hydrogen-bond donors (Lipinski definition) is 0. The van der Waals surface area contributed by atoms with Crippen LogP contribution in [0, 0.1) is 0 Å². The molecule has 0 bridgehead atoms. The minimum atomic E-state index is -0.765. The van der Waals surface area contributed by atoms with Crippen LogP contribution in [0.15, 0.2) is 12.2 Å². The lowest BCUT2D eigenvalue weighted by Crippen LogP contribution is -2.56. The summed E-state index contributed by atoms with van der Waals surface area (Å²) in [4.78, 5) is 11.6. The van der Waals surface area contributed by atoms with Crippen LogP contribution in [0.5, 0.6) is 0 Å². The monoisotopic (exact) mass is 328 g/mol. The van der Waals surface area contributed by atoms with Crippen LogP contribution in [-0.4, -0.2) is 54.9 Å². The molecule has 7 nitrogen and oxygen atoms in total. The van der Waals surface area contributed by atoms with Crippen molar-refractivity contribution in [3.63, 3.8) is 0 Å². The summed E-state index contributed by atoms with van der Waals surface area (Å²) in [5.74, 6) is -1.99. The van der Waals surface area contributed by atoms with Gasteiger partial charge in [-0.2, -0.15) is 0 Å². The van der Waals surface area contributed by atoms with E-state index >= 15 is 0 Å². The Labute approximate surface area is 135 Å². The highest BCUT2D eigenvalue weighted by Gasteiger charge is 2.60. The van der Waals surface area contributed by atoms with Crippen molar-refractivity contribution in [1.82, 2.24) is 0 Å². The van der Waals surface area contributed by atoms with E-state index < -0.39 is 36.0 Å². The van der Waals surface area contributed by atoms with Gasteiger partial charge in [-0.15, -0.1) is 0 Å². The molecule has 3 heterocycles. The summed E-state index contributed by atoms with van der Waals surface area (Å²) < 4.78 is 34.7. The summed E-state index contributed by atoms with van der Waals surface area (Å²) in [7, 11) is 0. The van der Waals surface area contributed by atoms with Crippen molar-refractivity contribution < 1.29 is 33.2 Å². The molecule has 0 aromatic heterocycles. The zero-order valence-electron chi connectivity index (χ0n) is 14.2. The van der Waals surface area contributed by atoms with Crippen LogP contribution in [0.25, 0.3) is 0 Å². The highest BCUT2D eigenvalue weighted by atomic mass is 16.9. The van der Waals surface area contributed by atoms with E-state index in [9.17, 15) is 4.79 Å². The number of carbonyl (C=O) groups is 1. The fraction of sp³-hybridized carbons (Fsp3) is 0.812. The number of ether oxygens (including phenoxy) is 6. The van der Waals surface area contributed by atoms with Gasteiger partial charge in [0.2, 0.25) is 0 Å². The largest absolute Gasteiger partial charge is 0.459 e. The van der Waals surface area contributed by atoms with Crippen molar-refractivity contribution in [3.8, 4) is 0 Å². The summed E-state index contributed by atoms with van der Waals surface area (Å²) in [6.07, 6.45) is -2.22. The van der Waals surface area contributed by atoms with E-state index in [1.165, 1.54) is 0 Å². The van der Waals surface area contributed by atoms with Crippen molar-refractivity contribution in [3.05, 3.63) is 12.2 Å². The van der Waals surface area contributed by atoms with E-state index in [2.05, 4.69) is 6.58 Å². The molecule has 0 aromatic rings. The summed E-state index contributed by atoms with van der Waals surface area (Å²) in [6.45, 7) is 12.5. The summed E-state index contributed by atoms with van der Waals surface area (Å²) in [6, 6.07) is 0. The Morgan fingerprint density at radius 3 is 2.22 bits per heavy atom. The van der Waals surface area contributed by atoms with Crippen LogP contribution in [0.2, 0.25) is 0 Å². The van der Waals surface area contributed by atoms with Crippen LogP contribution < -0.4 is 0 Å². The van der Waals surface area contributed by atoms with Gasteiger partial charge in [-0.05, 0) is 34.6 Å². The van der Waals surface area contributed by atoms with Crippen molar-refractivity contribution in [2.24, 2.45) is 0 Å². The zero-order valence-corrected chi connectivity index (χ0v) is 14.2. The Kier molecular flexibility index (Phi) is 4.05. The van der Waals surface area contributed by atoms with Crippen LogP contribution in [-0.2, 0) is 33.2 Å². The second-order valence-electron chi connectivity index (χ2n) is 7.09. The second-order valence-corrected chi connectivity index (χ2v) is 7.09. The number of esters is 1.